The molecule has 0 aliphatic carbocycles. The molecule has 1 fully saturated rings. The van der Waals surface area contributed by atoms with Crippen LogP contribution in [0.3, 0.4) is 0 Å². The summed E-state index contributed by atoms with van der Waals surface area (Å²) in [7, 11) is 0. The smallest absolute Gasteiger partial charge is 0.316 e. The average molecular weight is 589 g/mol. The number of aromatic nitrogens is 2. The van der Waals surface area contributed by atoms with Crippen LogP contribution in [0.5, 0.6) is 0 Å². The topological polar surface area (TPSA) is 58.4 Å². The molecular weight excluding hydrogens is 544 g/mol. The van der Waals surface area contributed by atoms with Crippen molar-refractivity contribution in [1.29, 1.82) is 0 Å². The van der Waals surface area contributed by atoms with Gasteiger partial charge in [-0.25, -0.2) is 9.78 Å². The molecule has 1 aliphatic heterocycles. The van der Waals surface area contributed by atoms with Gasteiger partial charge in [0.2, 0.25) is 0 Å². The molecule has 0 radical (unpaired) electrons. The van der Waals surface area contributed by atoms with E-state index in [-0.39, 0.29) is 11.9 Å². The normalized spacial score (nSPS) is 14.7. The third kappa shape index (κ3) is 5.99. The van der Waals surface area contributed by atoms with Gasteiger partial charge in [0.15, 0.2) is 0 Å². The van der Waals surface area contributed by atoms with Gasteiger partial charge in [0.05, 0.1) is 5.69 Å². The van der Waals surface area contributed by atoms with Crippen LogP contribution in [0.2, 0.25) is 0 Å². The summed E-state index contributed by atoms with van der Waals surface area (Å²) in [5.41, 5.74) is 3.74. The van der Waals surface area contributed by atoms with Crippen molar-refractivity contribution in [3.63, 3.8) is 0 Å². The van der Waals surface area contributed by atoms with Crippen LogP contribution in [0.4, 0.5) is 4.79 Å². The Morgan fingerprint density at radius 3 is 1.61 bits per heavy atom. The van der Waals surface area contributed by atoms with Gasteiger partial charge in [-0.2, -0.15) is 0 Å². The monoisotopic (exact) mass is 588 g/mol. The van der Waals surface area contributed by atoms with E-state index in [9.17, 15) is 9.59 Å². The Kier molecular flexibility index (Phi) is 10.1. The number of hydrogen-bond donors (Lipinski definition) is 0. The van der Waals surface area contributed by atoms with Gasteiger partial charge >= 0.3 is 6.03 Å². The number of urea groups is 1. The van der Waals surface area contributed by atoms with Gasteiger partial charge in [-0.15, -0.1) is 0 Å². The molecule has 6 heteroatoms. The predicted molar refractivity (Wildman–Crippen MR) is 177 cm³/mol. The zero-order valence-corrected chi connectivity index (χ0v) is 26.3. The predicted octanol–water partition coefficient (Wildman–Crippen LogP) is 8.27. The van der Waals surface area contributed by atoms with Crippen molar-refractivity contribution in [2.75, 3.05) is 13.1 Å². The first-order chi connectivity index (χ1) is 21.6. The third-order valence-electron chi connectivity index (χ3n) is 8.46. The number of aryl methyl sites for hydroxylation is 1. The molecular formula is C38H44N4O2. The van der Waals surface area contributed by atoms with E-state index in [1.54, 1.807) is 4.90 Å². The van der Waals surface area contributed by atoms with Gasteiger partial charge in [-0.3, -0.25) is 14.6 Å². The van der Waals surface area contributed by atoms with E-state index in [4.69, 9.17) is 4.98 Å². The van der Waals surface area contributed by atoms with E-state index >= 15 is 0 Å². The third-order valence-corrected chi connectivity index (χ3v) is 8.46. The Balaban J connectivity index is 1.75. The van der Waals surface area contributed by atoms with Crippen molar-refractivity contribution in [3.8, 4) is 0 Å². The number of unbranched alkanes of at least 4 members (excludes halogenated alkanes) is 3. The fourth-order valence-electron chi connectivity index (χ4n) is 6.18. The molecule has 0 spiro atoms. The summed E-state index contributed by atoms with van der Waals surface area (Å²) < 4.78 is 2.31. The van der Waals surface area contributed by atoms with Gasteiger partial charge in [-0.1, -0.05) is 131 Å². The molecule has 3 amide bonds. The summed E-state index contributed by atoms with van der Waals surface area (Å²) in [6.45, 7) is 7.30. The second-order valence-corrected chi connectivity index (χ2v) is 11.5. The van der Waals surface area contributed by atoms with Crippen LogP contribution in [0.1, 0.15) is 87.5 Å². The molecule has 5 rings (SSSR count). The minimum absolute atomic E-state index is 0.221. The van der Waals surface area contributed by atoms with Crippen molar-refractivity contribution in [1.82, 2.24) is 19.4 Å². The Labute approximate surface area is 262 Å². The first-order valence-electron chi connectivity index (χ1n) is 16.2. The number of imide groups is 1. The zero-order valence-electron chi connectivity index (χ0n) is 26.3. The van der Waals surface area contributed by atoms with Gasteiger partial charge in [-0.05, 0) is 42.0 Å². The van der Waals surface area contributed by atoms with Crippen LogP contribution >= 0.6 is 0 Å². The minimum Gasteiger partial charge on any atom is -0.316 e. The van der Waals surface area contributed by atoms with Crippen LogP contribution in [0.15, 0.2) is 103 Å². The second-order valence-electron chi connectivity index (χ2n) is 11.5. The lowest BCUT2D eigenvalue weighted by Gasteiger charge is -2.38. The fourth-order valence-corrected chi connectivity index (χ4v) is 6.18. The van der Waals surface area contributed by atoms with Crippen LogP contribution in [0, 0.1) is 0 Å². The molecule has 44 heavy (non-hydrogen) atoms. The lowest BCUT2D eigenvalue weighted by Crippen LogP contribution is -2.38. The van der Waals surface area contributed by atoms with E-state index in [0.717, 1.165) is 67.5 Å². The summed E-state index contributed by atoms with van der Waals surface area (Å²) in [5.74, 6) is 0.708. The van der Waals surface area contributed by atoms with Crippen LogP contribution in [-0.2, 0) is 16.8 Å². The van der Waals surface area contributed by atoms with Crippen molar-refractivity contribution in [2.45, 2.75) is 71.3 Å². The Morgan fingerprint density at radius 2 is 1.14 bits per heavy atom. The highest BCUT2D eigenvalue weighted by Gasteiger charge is 2.42. The summed E-state index contributed by atoms with van der Waals surface area (Å²) >= 11 is 0. The maximum Gasteiger partial charge on any atom is 0.331 e. The van der Waals surface area contributed by atoms with Crippen molar-refractivity contribution < 1.29 is 9.59 Å². The molecule has 6 nitrogen and oxygen atoms in total. The minimum atomic E-state index is -0.707. The SMILES string of the molecule is CCCCc1nc(C=C2C(=O)N(CCCC)C(=O)N2CCCC)cn1C(c1ccccc1)(c1ccccc1)c1ccccc1. The fraction of sp³-hybridized carbons (Fsp3) is 0.342. The zero-order chi connectivity index (χ0) is 30.9. The number of imidazole rings is 1. The molecule has 0 bridgehead atoms. The quantitative estimate of drug-likeness (QED) is 0.0846. The summed E-state index contributed by atoms with van der Waals surface area (Å²) in [4.78, 5) is 35.4. The van der Waals surface area contributed by atoms with Crippen molar-refractivity contribution in [3.05, 3.63) is 131 Å². The lowest BCUT2D eigenvalue weighted by atomic mass is 9.76. The number of amides is 3. The van der Waals surface area contributed by atoms with Crippen molar-refractivity contribution >= 4 is 18.0 Å². The molecule has 2 heterocycles. The maximum atomic E-state index is 13.7. The first kappa shape index (κ1) is 31.0. The number of carbonyl (C=O) groups excluding carboxylic acids is 2. The highest BCUT2D eigenvalue weighted by atomic mass is 16.2. The molecule has 0 saturated carbocycles. The molecule has 0 atom stereocenters. The molecule has 1 aliphatic rings. The van der Waals surface area contributed by atoms with E-state index in [1.807, 2.05) is 24.3 Å². The molecule has 4 aromatic rings. The average Bonchev–Trinajstić information content (AvgIpc) is 3.57. The van der Waals surface area contributed by atoms with Crippen LogP contribution in [-0.4, -0.2) is 44.4 Å². The number of rotatable bonds is 14. The number of hydrogen-bond acceptors (Lipinski definition) is 3. The molecule has 3 aromatic carbocycles. The summed E-state index contributed by atoms with van der Waals surface area (Å²) in [5, 5.41) is 0. The molecule has 1 saturated heterocycles. The summed E-state index contributed by atoms with van der Waals surface area (Å²) in [6, 6.07) is 31.5. The number of nitrogens with zero attached hydrogens (tertiary/aromatic N) is 4. The molecule has 0 N–H and O–H groups in total. The second kappa shape index (κ2) is 14.3. The van der Waals surface area contributed by atoms with E-state index in [1.165, 1.54) is 4.90 Å². The maximum absolute atomic E-state index is 13.7. The first-order valence-corrected chi connectivity index (χ1v) is 16.2. The van der Waals surface area contributed by atoms with E-state index in [0.29, 0.717) is 24.5 Å². The number of carbonyl (C=O) groups is 2. The van der Waals surface area contributed by atoms with Crippen LogP contribution < -0.4 is 0 Å². The highest BCUT2D eigenvalue weighted by molar-refractivity contribution is 6.13. The number of benzene rings is 3. The van der Waals surface area contributed by atoms with Crippen LogP contribution in [0.25, 0.3) is 6.08 Å². The highest BCUT2D eigenvalue weighted by Crippen LogP contribution is 2.42. The Hall–Kier alpha value is -4.45. The Bertz CT molecular complexity index is 1460. The van der Waals surface area contributed by atoms with E-state index < -0.39 is 5.54 Å². The summed E-state index contributed by atoms with van der Waals surface area (Å²) in [6.07, 6.45) is 10.2. The van der Waals surface area contributed by atoms with E-state index in [2.05, 4.69) is 104 Å². The van der Waals surface area contributed by atoms with Gasteiger partial charge in [0, 0.05) is 25.7 Å². The van der Waals surface area contributed by atoms with Gasteiger partial charge < -0.3 is 4.57 Å². The molecule has 1 aromatic heterocycles. The van der Waals surface area contributed by atoms with Gasteiger partial charge in [0.1, 0.15) is 17.1 Å². The lowest BCUT2D eigenvalue weighted by molar-refractivity contribution is -0.123. The standard InChI is InChI=1S/C38H44N4O2/c1-4-7-25-35-39-33(28-34-36(43)41(27-9-6-3)37(44)40(34)26-8-5-2)29-42(35)38(30-19-13-10-14-20-30,31-21-15-11-16-22-31)32-23-17-12-18-24-32/h10-24,28-29H,4-9,25-27H2,1-3H3. The van der Waals surface area contributed by atoms with Crippen molar-refractivity contribution in [2.24, 2.45) is 0 Å². The molecule has 0 unspecified atom stereocenters. The Morgan fingerprint density at radius 1 is 0.659 bits per heavy atom. The van der Waals surface area contributed by atoms with Gasteiger partial charge in [0.25, 0.3) is 5.91 Å². The molecule has 228 valence electrons. The largest absolute Gasteiger partial charge is 0.331 e.